The molecule has 1 rings (SSSR count). The smallest absolute Gasteiger partial charge is 0.244 e. The number of benzene rings is 1. The van der Waals surface area contributed by atoms with Crippen LogP contribution in [0.5, 0.6) is 0 Å². The number of amides is 1. The van der Waals surface area contributed by atoms with Crippen LogP contribution in [0.25, 0.3) is 0 Å². The molecule has 0 spiro atoms. The van der Waals surface area contributed by atoms with E-state index in [2.05, 4.69) is 10.6 Å². The molecule has 0 atom stereocenters. The Balaban J connectivity index is 3.05. The molecule has 0 fully saturated rings. The predicted molar refractivity (Wildman–Crippen MR) is 79.1 cm³/mol. The molecule has 1 aromatic carbocycles. The number of sulfonamides is 1. The Morgan fingerprint density at radius 3 is 2.35 bits per heavy atom. The maximum Gasteiger partial charge on any atom is 0.244 e. The molecular weight excluding hydrogens is 278 g/mol. The molecule has 0 saturated carbocycles. The number of nitrogens with zero attached hydrogens (tertiary/aromatic N) is 1. The SMILES string of the molecule is CNC(C)(C)C(=O)Nc1cccc(S(=O)(=O)N(C)C)c1. The number of carbonyl (C=O) groups is 1. The number of hydrogen-bond donors (Lipinski definition) is 2. The topological polar surface area (TPSA) is 78.5 Å². The molecule has 20 heavy (non-hydrogen) atoms. The third-order valence-corrected chi connectivity index (χ3v) is 4.87. The zero-order valence-corrected chi connectivity index (χ0v) is 13.2. The first-order valence-corrected chi connectivity index (χ1v) is 7.58. The van der Waals surface area contributed by atoms with Crippen LogP contribution in [0.3, 0.4) is 0 Å². The van der Waals surface area contributed by atoms with Crippen molar-refractivity contribution >= 4 is 21.6 Å². The zero-order chi connectivity index (χ0) is 15.6. The van der Waals surface area contributed by atoms with Gasteiger partial charge in [0, 0.05) is 19.8 Å². The van der Waals surface area contributed by atoms with Crippen LogP contribution in [0.1, 0.15) is 13.8 Å². The minimum Gasteiger partial charge on any atom is -0.324 e. The fraction of sp³-hybridized carbons (Fsp3) is 0.462. The summed E-state index contributed by atoms with van der Waals surface area (Å²) in [5.74, 6) is -0.237. The first-order chi connectivity index (χ1) is 9.11. The van der Waals surface area contributed by atoms with Crippen LogP contribution >= 0.6 is 0 Å². The number of nitrogens with one attached hydrogen (secondary N) is 2. The van der Waals surface area contributed by atoms with Crippen molar-refractivity contribution < 1.29 is 13.2 Å². The average Bonchev–Trinajstić information content (AvgIpc) is 2.38. The molecule has 0 aromatic heterocycles. The second-order valence-electron chi connectivity index (χ2n) is 5.14. The van der Waals surface area contributed by atoms with E-state index in [9.17, 15) is 13.2 Å². The highest BCUT2D eigenvalue weighted by Crippen LogP contribution is 2.18. The number of anilines is 1. The fourth-order valence-corrected chi connectivity index (χ4v) is 2.29. The van der Waals surface area contributed by atoms with Gasteiger partial charge in [0.05, 0.1) is 10.4 Å². The molecule has 112 valence electrons. The first kappa shape index (κ1) is 16.6. The van der Waals surface area contributed by atoms with E-state index >= 15 is 0 Å². The molecule has 0 aliphatic carbocycles. The van der Waals surface area contributed by atoms with E-state index in [-0.39, 0.29) is 10.8 Å². The van der Waals surface area contributed by atoms with Crippen molar-refractivity contribution in [3.63, 3.8) is 0 Å². The maximum atomic E-state index is 12.0. The van der Waals surface area contributed by atoms with Gasteiger partial charge in [-0.05, 0) is 39.1 Å². The third-order valence-electron chi connectivity index (χ3n) is 3.06. The van der Waals surface area contributed by atoms with Crippen LogP contribution in [0.15, 0.2) is 29.2 Å². The number of carbonyl (C=O) groups excluding carboxylic acids is 1. The van der Waals surface area contributed by atoms with E-state index < -0.39 is 15.6 Å². The van der Waals surface area contributed by atoms with Crippen molar-refractivity contribution in [2.24, 2.45) is 0 Å². The van der Waals surface area contributed by atoms with Crippen molar-refractivity contribution in [3.8, 4) is 0 Å². The molecule has 1 amide bonds. The summed E-state index contributed by atoms with van der Waals surface area (Å²) in [4.78, 5) is 12.2. The molecule has 0 saturated heterocycles. The van der Waals surface area contributed by atoms with Gasteiger partial charge in [0.15, 0.2) is 0 Å². The number of likely N-dealkylation sites (N-methyl/N-ethyl adjacent to an activating group) is 1. The van der Waals surface area contributed by atoms with Gasteiger partial charge in [0.1, 0.15) is 0 Å². The summed E-state index contributed by atoms with van der Waals surface area (Å²) in [6.07, 6.45) is 0. The van der Waals surface area contributed by atoms with Crippen molar-refractivity contribution in [2.75, 3.05) is 26.5 Å². The van der Waals surface area contributed by atoms with Gasteiger partial charge in [0.25, 0.3) is 0 Å². The summed E-state index contributed by atoms with van der Waals surface area (Å²) in [6.45, 7) is 3.48. The largest absolute Gasteiger partial charge is 0.324 e. The van der Waals surface area contributed by atoms with Crippen LogP contribution in [-0.2, 0) is 14.8 Å². The molecule has 0 aliphatic rings. The summed E-state index contributed by atoms with van der Waals surface area (Å²) in [5.41, 5.74) is -0.294. The van der Waals surface area contributed by atoms with Crippen LogP contribution in [-0.4, -0.2) is 45.3 Å². The lowest BCUT2D eigenvalue weighted by atomic mass is 10.1. The molecule has 0 aliphatic heterocycles. The van der Waals surface area contributed by atoms with Gasteiger partial charge < -0.3 is 10.6 Å². The highest BCUT2D eigenvalue weighted by Gasteiger charge is 2.25. The Labute approximate surface area is 120 Å². The van der Waals surface area contributed by atoms with Gasteiger partial charge in [-0.15, -0.1) is 0 Å². The van der Waals surface area contributed by atoms with Gasteiger partial charge >= 0.3 is 0 Å². The van der Waals surface area contributed by atoms with E-state index in [1.165, 1.54) is 26.2 Å². The summed E-state index contributed by atoms with van der Waals surface area (Å²) in [6, 6.07) is 6.18. The summed E-state index contributed by atoms with van der Waals surface area (Å²) in [7, 11) is 1.10. The van der Waals surface area contributed by atoms with Gasteiger partial charge in [0.2, 0.25) is 15.9 Å². The second kappa shape index (κ2) is 5.90. The van der Waals surface area contributed by atoms with Gasteiger partial charge in [-0.2, -0.15) is 0 Å². The molecular formula is C13H21N3O3S. The summed E-state index contributed by atoms with van der Waals surface area (Å²) >= 11 is 0. The van der Waals surface area contributed by atoms with Crippen molar-refractivity contribution in [3.05, 3.63) is 24.3 Å². The Kier molecular flexibility index (Phi) is 4.90. The van der Waals surface area contributed by atoms with E-state index in [1.807, 2.05) is 0 Å². The lowest BCUT2D eigenvalue weighted by molar-refractivity contribution is -0.121. The highest BCUT2D eigenvalue weighted by atomic mass is 32.2. The molecule has 7 heteroatoms. The van der Waals surface area contributed by atoms with E-state index in [0.29, 0.717) is 5.69 Å². The maximum absolute atomic E-state index is 12.0. The molecule has 1 aromatic rings. The first-order valence-electron chi connectivity index (χ1n) is 6.14. The summed E-state index contributed by atoms with van der Waals surface area (Å²) < 4.78 is 25.2. The lowest BCUT2D eigenvalue weighted by Crippen LogP contribution is -2.47. The van der Waals surface area contributed by atoms with Gasteiger partial charge in [-0.3, -0.25) is 4.79 Å². The van der Waals surface area contributed by atoms with Crippen LogP contribution in [0, 0.1) is 0 Å². The molecule has 0 heterocycles. The Morgan fingerprint density at radius 2 is 1.85 bits per heavy atom. The Hall–Kier alpha value is -1.44. The molecule has 0 unspecified atom stereocenters. The van der Waals surface area contributed by atoms with E-state index in [1.54, 1.807) is 33.0 Å². The van der Waals surface area contributed by atoms with Crippen LogP contribution in [0.2, 0.25) is 0 Å². The molecule has 0 bridgehead atoms. The minimum atomic E-state index is -3.51. The second-order valence-corrected chi connectivity index (χ2v) is 7.30. The normalized spacial score (nSPS) is 12.5. The molecule has 0 radical (unpaired) electrons. The standard InChI is InChI=1S/C13H21N3O3S/c1-13(2,14-3)12(17)15-10-7-6-8-11(9-10)20(18,19)16(4)5/h6-9,14H,1-5H3,(H,15,17). The van der Waals surface area contributed by atoms with Gasteiger partial charge in [-0.1, -0.05) is 6.07 Å². The highest BCUT2D eigenvalue weighted by molar-refractivity contribution is 7.89. The fourth-order valence-electron chi connectivity index (χ4n) is 1.35. The van der Waals surface area contributed by atoms with Crippen molar-refractivity contribution in [1.82, 2.24) is 9.62 Å². The third kappa shape index (κ3) is 3.56. The lowest BCUT2D eigenvalue weighted by Gasteiger charge is -2.23. The minimum absolute atomic E-state index is 0.141. The van der Waals surface area contributed by atoms with E-state index in [4.69, 9.17) is 0 Å². The Morgan fingerprint density at radius 1 is 1.25 bits per heavy atom. The van der Waals surface area contributed by atoms with Crippen molar-refractivity contribution in [1.29, 1.82) is 0 Å². The summed E-state index contributed by atoms with van der Waals surface area (Å²) in [5, 5.41) is 5.59. The monoisotopic (exact) mass is 299 g/mol. The van der Waals surface area contributed by atoms with E-state index in [0.717, 1.165) is 4.31 Å². The molecule has 2 N–H and O–H groups in total. The Bertz CT molecular complexity index is 595. The van der Waals surface area contributed by atoms with Crippen LogP contribution in [0.4, 0.5) is 5.69 Å². The predicted octanol–water partition coefficient (Wildman–Crippen LogP) is 0.873. The number of rotatable bonds is 5. The van der Waals surface area contributed by atoms with Crippen LogP contribution < -0.4 is 10.6 Å². The van der Waals surface area contributed by atoms with Gasteiger partial charge in [-0.25, -0.2) is 12.7 Å². The quantitative estimate of drug-likeness (QED) is 0.846. The zero-order valence-electron chi connectivity index (χ0n) is 12.4. The van der Waals surface area contributed by atoms with Crippen molar-refractivity contribution in [2.45, 2.75) is 24.3 Å². The number of hydrogen-bond acceptors (Lipinski definition) is 4. The average molecular weight is 299 g/mol. The molecule has 6 nitrogen and oxygen atoms in total.